The van der Waals surface area contributed by atoms with E-state index in [0.29, 0.717) is 10.3 Å². The van der Waals surface area contributed by atoms with Crippen LogP contribution in [0.1, 0.15) is 12.5 Å². The lowest BCUT2D eigenvalue weighted by molar-refractivity contribution is -0.384. The molecule has 2 rings (SSSR count). The van der Waals surface area contributed by atoms with Gasteiger partial charge in [0.05, 0.1) is 4.92 Å². The maximum Gasteiger partial charge on any atom is 0.331 e. The minimum atomic E-state index is -0.840. The van der Waals surface area contributed by atoms with E-state index in [0.717, 1.165) is 6.20 Å². The van der Waals surface area contributed by atoms with Gasteiger partial charge in [-0.1, -0.05) is 0 Å². The van der Waals surface area contributed by atoms with Crippen LogP contribution in [0.4, 0.5) is 11.4 Å². The summed E-state index contributed by atoms with van der Waals surface area (Å²) < 4.78 is 1.87. The number of carbonyl (C=O) groups is 1. The molecule has 0 atom stereocenters. The number of amides is 1. The normalized spacial score (nSPS) is 10.2. The summed E-state index contributed by atoms with van der Waals surface area (Å²) in [6, 6.07) is 6.96. The fourth-order valence-electron chi connectivity index (χ4n) is 2.28. The van der Waals surface area contributed by atoms with Crippen LogP contribution in [-0.2, 0) is 17.9 Å². The van der Waals surface area contributed by atoms with E-state index in [9.17, 15) is 24.5 Å². The van der Waals surface area contributed by atoms with Gasteiger partial charge in [0, 0.05) is 37.6 Å². The minimum absolute atomic E-state index is 0.127. The second kappa shape index (κ2) is 7.43. The van der Waals surface area contributed by atoms with Gasteiger partial charge in [0.2, 0.25) is 5.91 Å². The van der Waals surface area contributed by atoms with E-state index in [1.807, 2.05) is 0 Å². The summed E-state index contributed by atoms with van der Waals surface area (Å²) in [4.78, 5) is 48.2. The van der Waals surface area contributed by atoms with Gasteiger partial charge in [-0.3, -0.25) is 24.3 Å². The van der Waals surface area contributed by atoms with Crippen LogP contribution < -0.4 is 16.1 Å². The van der Waals surface area contributed by atoms with Crippen LogP contribution in [0.25, 0.3) is 0 Å². The van der Waals surface area contributed by atoms with Crippen LogP contribution >= 0.6 is 0 Å². The Kier molecular flexibility index (Phi) is 5.32. The number of hydrogen-bond acceptors (Lipinski definition) is 6. The zero-order valence-electron chi connectivity index (χ0n) is 14.1. The van der Waals surface area contributed by atoms with Crippen molar-refractivity contribution >= 4 is 17.3 Å². The largest absolute Gasteiger partial charge is 0.331 e. The van der Waals surface area contributed by atoms with Gasteiger partial charge in [0.25, 0.3) is 11.2 Å². The number of carbonyl (C=O) groups excluding carboxylic acids is 1. The highest BCUT2D eigenvalue weighted by Crippen LogP contribution is 2.18. The maximum atomic E-state index is 12.4. The molecule has 0 bridgehead atoms. The Morgan fingerprint density at radius 3 is 2.42 bits per heavy atom. The number of non-ortho nitro benzene ring substituents is 1. The number of hydrogen-bond donors (Lipinski definition) is 0. The number of likely N-dealkylation sites (N-methyl/N-ethyl adjacent to an activating group) is 1. The molecule has 0 aliphatic rings. The van der Waals surface area contributed by atoms with Crippen LogP contribution in [0.5, 0.6) is 0 Å². The molecule has 0 fully saturated rings. The van der Waals surface area contributed by atoms with E-state index in [-0.39, 0.29) is 17.8 Å². The molecule has 1 aromatic heterocycles. The third kappa shape index (κ3) is 3.51. The lowest BCUT2D eigenvalue weighted by atomic mass is 10.2. The predicted octanol–water partition coefficient (Wildman–Crippen LogP) is 0.473. The molecular formula is C16H15N5O5. The number of nitro groups is 1. The van der Waals surface area contributed by atoms with Gasteiger partial charge < -0.3 is 4.90 Å². The zero-order valence-corrected chi connectivity index (χ0v) is 14.1. The molecule has 0 unspecified atom stereocenters. The summed E-state index contributed by atoms with van der Waals surface area (Å²) in [5, 5.41) is 19.7. The van der Waals surface area contributed by atoms with Crippen molar-refractivity contribution in [1.82, 2.24) is 9.13 Å². The van der Waals surface area contributed by atoms with Crippen LogP contribution in [0.3, 0.4) is 0 Å². The second-order valence-electron chi connectivity index (χ2n) is 5.34. The molecule has 0 saturated heterocycles. The summed E-state index contributed by atoms with van der Waals surface area (Å²) in [5.41, 5.74) is -1.54. The SMILES string of the molecule is CCn1cc(C#N)c(=O)n(CC(=O)N(C)c2ccc([N+](=O)[O-])cc2)c1=O. The highest BCUT2D eigenvalue weighted by molar-refractivity contribution is 5.92. The molecule has 134 valence electrons. The molecule has 0 aliphatic carbocycles. The van der Waals surface area contributed by atoms with Crippen molar-refractivity contribution in [2.24, 2.45) is 0 Å². The molecule has 1 aromatic carbocycles. The van der Waals surface area contributed by atoms with Gasteiger partial charge >= 0.3 is 5.69 Å². The molecular weight excluding hydrogens is 342 g/mol. The first kappa shape index (κ1) is 18.6. The Morgan fingerprint density at radius 2 is 1.92 bits per heavy atom. The molecule has 10 nitrogen and oxygen atoms in total. The molecule has 0 radical (unpaired) electrons. The first-order valence-electron chi connectivity index (χ1n) is 7.55. The molecule has 0 saturated carbocycles. The van der Waals surface area contributed by atoms with Crippen LogP contribution in [0, 0.1) is 21.4 Å². The lowest BCUT2D eigenvalue weighted by Crippen LogP contribution is -2.44. The second-order valence-corrected chi connectivity index (χ2v) is 5.34. The molecule has 0 N–H and O–H groups in total. The first-order valence-corrected chi connectivity index (χ1v) is 7.55. The number of anilines is 1. The summed E-state index contributed by atoms with van der Waals surface area (Å²) in [5.74, 6) is -0.587. The molecule has 0 aliphatic heterocycles. The van der Waals surface area contributed by atoms with Crippen molar-refractivity contribution < 1.29 is 9.72 Å². The van der Waals surface area contributed by atoms with Crippen molar-refractivity contribution in [3.63, 3.8) is 0 Å². The molecule has 1 amide bonds. The number of aromatic nitrogens is 2. The number of nitriles is 1. The molecule has 10 heteroatoms. The fraction of sp³-hybridized carbons (Fsp3) is 0.250. The van der Waals surface area contributed by atoms with Gasteiger partial charge in [0.15, 0.2) is 0 Å². The Balaban J connectivity index is 2.35. The molecule has 0 spiro atoms. The number of nitro benzene ring substituents is 1. The summed E-state index contributed by atoms with van der Waals surface area (Å²) in [7, 11) is 1.42. The van der Waals surface area contributed by atoms with E-state index >= 15 is 0 Å². The Hall–Kier alpha value is -3.74. The van der Waals surface area contributed by atoms with E-state index < -0.39 is 28.6 Å². The monoisotopic (exact) mass is 357 g/mol. The van der Waals surface area contributed by atoms with Crippen LogP contribution in [0.15, 0.2) is 40.1 Å². The maximum absolute atomic E-state index is 12.4. The number of nitrogens with zero attached hydrogens (tertiary/aromatic N) is 5. The quantitative estimate of drug-likeness (QED) is 0.564. The van der Waals surface area contributed by atoms with Crippen molar-refractivity contribution in [1.29, 1.82) is 5.26 Å². The standard InChI is InChI=1S/C16H15N5O5/c1-3-19-9-11(8-17)15(23)20(16(19)24)10-14(22)18(2)12-4-6-13(7-5-12)21(25)26/h4-7,9H,3,10H2,1-2H3. The van der Waals surface area contributed by atoms with Gasteiger partial charge in [-0.15, -0.1) is 0 Å². The molecule has 26 heavy (non-hydrogen) atoms. The Morgan fingerprint density at radius 1 is 1.31 bits per heavy atom. The highest BCUT2D eigenvalue weighted by Gasteiger charge is 2.18. The van der Waals surface area contributed by atoms with E-state index in [4.69, 9.17) is 5.26 Å². The van der Waals surface area contributed by atoms with E-state index in [1.165, 1.54) is 40.8 Å². The molecule has 1 heterocycles. The van der Waals surface area contributed by atoms with Gasteiger partial charge in [-0.05, 0) is 19.1 Å². The summed E-state index contributed by atoms with van der Waals surface area (Å²) in [6.45, 7) is 1.35. The Labute approximate surface area is 147 Å². The zero-order chi connectivity index (χ0) is 19.4. The predicted molar refractivity (Wildman–Crippen MR) is 91.9 cm³/mol. The van der Waals surface area contributed by atoms with Gasteiger partial charge in [0.1, 0.15) is 18.2 Å². The third-order valence-corrected chi connectivity index (χ3v) is 3.81. The number of rotatable bonds is 5. The van der Waals surface area contributed by atoms with Crippen LogP contribution in [0.2, 0.25) is 0 Å². The van der Waals surface area contributed by atoms with Crippen molar-refractivity contribution in [2.45, 2.75) is 20.0 Å². The van der Waals surface area contributed by atoms with E-state index in [1.54, 1.807) is 13.0 Å². The van der Waals surface area contributed by atoms with Gasteiger partial charge in [-0.25, -0.2) is 9.36 Å². The van der Waals surface area contributed by atoms with Crippen LogP contribution in [-0.4, -0.2) is 27.0 Å². The fourth-order valence-corrected chi connectivity index (χ4v) is 2.28. The first-order chi connectivity index (χ1) is 12.3. The van der Waals surface area contributed by atoms with Crippen molar-refractivity contribution in [3.8, 4) is 6.07 Å². The summed E-state index contributed by atoms with van der Waals surface area (Å²) >= 11 is 0. The lowest BCUT2D eigenvalue weighted by Gasteiger charge is -2.18. The van der Waals surface area contributed by atoms with Crippen molar-refractivity contribution in [2.75, 3.05) is 11.9 Å². The average Bonchev–Trinajstić information content (AvgIpc) is 2.64. The molecule has 2 aromatic rings. The third-order valence-electron chi connectivity index (χ3n) is 3.81. The topological polar surface area (TPSA) is 131 Å². The minimum Gasteiger partial charge on any atom is -0.314 e. The summed E-state index contributed by atoms with van der Waals surface area (Å²) in [6.07, 6.45) is 1.16. The number of benzene rings is 1. The highest BCUT2D eigenvalue weighted by atomic mass is 16.6. The average molecular weight is 357 g/mol. The number of aryl methyl sites for hydroxylation is 1. The Bertz CT molecular complexity index is 1010. The van der Waals surface area contributed by atoms with Gasteiger partial charge in [-0.2, -0.15) is 5.26 Å². The van der Waals surface area contributed by atoms with Crippen molar-refractivity contribution in [3.05, 3.63) is 67.0 Å². The smallest absolute Gasteiger partial charge is 0.314 e. The van der Waals surface area contributed by atoms with E-state index in [2.05, 4.69) is 0 Å².